The summed E-state index contributed by atoms with van der Waals surface area (Å²) >= 11 is 2.02. The van der Waals surface area contributed by atoms with Crippen LogP contribution >= 0.6 is 22.6 Å². The monoisotopic (exact) mass is 334 g/mol. The smallest absolute Gasteiger partial charge is 0.266 e. The van der Waals surface area contributed by atoms with Gasteiger partial charge in [0, 0.05) is 12.1 Å². The minimum absolute atomic E-state index is 0.0833. The molecule has 5 nitrogen and oxygen atoms in total. The third-order valence-electron chi connectivity index (χ3n) is 2.76. The molecule has 1 aliphatic heterocycles. The molecule has 3 N–H and O–H groups in total. The first-order valence-corrected chi connectivity index (χ1v) is 6.48. The standard InChI is InChI=1S/C10H15IN4O/c1-6-4-7(2-3-12-6)15-9-8(11)10(16)14-5-13-9/h5-7,12H,2-4H2,1H3,(H2,13,14,15,16). The summed E-state index contributed by atoms with van der Waals surface area (Å²) in [5.74, 6) is 0.698. The first-order valence-electron chi connectivity index (χ1n) is 5.40. The van der Waals surface area contributed by atoms with E-state index in [4.69, 9.17) is 0 Å². The van der Waals surface area contributed by atoms with Crippen LogP contribution in [0, 0.1) is 3.57 Å². The van der Waals surface area contributed by atoms with Gasteiger partial charge in [-0.3, -0.25) is 4.79 Å². The second-order valence-electron chi connectivity index (χ2n) is 4.12. The van der Waals surface area contributed by atoms with Crippen molar-refractivity contribution in [1.29, 1.82) is 0 Å². The lowest BCUT2D eigenvalue weighted by Gasteiger charge is -2.29. The summed E-state index contributed by atoms with van der Waals surface area (Å²) in [4.78, 5) is 18.1. The second kappa shape index (κ2) is 5.13. The maximum absolute atomic E-state index is 11.4. The summed E-state index contributed by atoms with van der Waals surface area (Å²) in [5, 5.41) is 6.74. The fourth-order valence-electron chi connectivity index (χ4n) is 1.94. The van der Waals surface area contributed by atoms with Gasteiger partial charge in [0.25, 0.3) is 5.56 Å². The second-order valence-corrected chi connectivity index (χ2v) is 5.19. The van der Waals surface area contributed by atoms with Crippen molar-refractivity contribution < 1.29 is 0 Å². The molecule has 0 spiro atoms. The molecular weight excluding hydrogens is 319 g/mol. The number of hydrogen-bond donors (Lipinski definition) is 3. The highest BCUT2D eigenvalue weighted by Gasteiger charge is 2.19. The average Bonchev–Trinajstić information content (AvgIpc) is 2.25. The minimum atomic E-state index is -0.0833. The van der Waals surface area contributed by atoms with Gasteiger partial charge in [0.2, 0.25) is 0 Å². The highest BCUT2D eigenvalue weighted by molar-refractivity contribution is 14.1. The summed E-state index contributed by atoms with van der Waals surface area (Å²) in [7, 11) is 0. The third-order valence-corrected chi connectivity index (χ3v) is 3.76. The van der Waals surface area contributed by atoms with Crippen molar-refractivity contribution in [3.63, 3.8) is 0 Å². The van der Waals surface area contributed by atoms with Crippen LogP contribution in [0.2, 0.25) is 0 Å². The van der Waals surface area contributed by atoms with E-state index in [0.717, 1.165) is 19.4 Å². The molecule has 2 atom stereocenters. The highest BCUT2D eigenvalue weighted by Crippen LogP contribution is 2.16. The first kappa shape index (κ1) is 11.8. The molecule has 88 valence electrons. The zero-order valence-corrected chi connectivity index (χ0v) is 11.2. The van der Waals surface area contributed by atoms with Crippen LogP contribution in [0.3, 0.4) is 0 Å². The van der Waals surface area contributed by atoms with Crippen molar-refractivity contribution in [3.05, 3.63) is 20.3 Å². The number of H-pyrrole nitrogens is 1. The predicted molar refractivity (Wildman–Crippen MR) is 71.7 cm³/mol. The van der Waals surface area contributed by atoms with Gasteiger partial charge >= 0.3 is 0 Å². The molecule has 2 heterocycles. The molecule has 0 bridgehead atoms. The molecule has 0 aliphatic carbocycles. The van der Waals surface area contributed by atoms with Gasteiger partial charge in [0.05, 0.1) is 6.33 Å². The molecule has 0 saturated carbocycles. The fourth-order valence-corrected chi connectivity index (χ4v) is 2.39. The Morgan fingerprint density at radius 1 is 1.62 bits per heavy atom. The van der Waals surface area contributed by atoms with Crippen LogP contribution < -0.4 is 16.2 Å². The maximum atomic E-state index is 11.4. The van der Waals surface area contributed by atoms with Gasteiger partial charge in [-0.05, 0) is 48.9 Å². The van der Waals surface area contributed by atoms with E-state index >= 15 is 0 Å². The lowest BCUT2D eigenvalue weighted by Crippen LogP contribution is -2.41. The Balaban J connectivity index is 2.08. The summed E-state index contributed by atoms with van der Waals surface area (Å²) in [6.45, 7) is 3.18. The summed E-state index contributed by atoms with van der Waals surface area (Å²) in [6, 6.07) is 0.921. The molecule has 1 aromatic rings. The van der Waals surface area contributed by atoms with E-state index < -0.39 is 0 Å². The summed E-state index contributed by atoms with van der Waals surface area (Å²) < 4.78 is 0.631. The van der Waals surface area contributed by atoms with E-state index in [-0.39, 0.29) is 5.56 Å². The van der Waals surface area contributed by atoms with E-state index in [0.29, 0.717) is 21.5 Å². The number of nitrogens with one attached hydrogen (secondary N) is 3. The lowest BCUT2D eigenvalue weighted by molar-refractivity contribution is 0.395. The molecular formula is C10H15IN4O. The van der Waals surface area contributed by atoms with Crippen LogP contribution in [0.25, 0.3) is 0 Å². The largest absolute Gasteiger partial charge is 0.366 e. The van der Waals surface area contributed by atoms with Gasteiger partial charge in [0.1, 0.15) is 9.39 Å². The number of aromatic nitrogens is 2. The Morgan fingerprint density at radius 2 is 2.44 bits per heavy atom. The van der Waals surface area contributed by atoms with Gasteiger partial charge in [-0.1, -0.05) is 0 Å². The van der Waals surface area contributed by atoms with Crippen molar-refractivity contribution >= 4 is 28.4 Å². The SMILES string of the molecule is CC1CC(Nc2nc[nH]c(=O)c2I)CCN1. The van der Waals surface area contributed by atoms with Crippen LogP contribution in [0.15, 0.2) is 11.1 Å². The number of nitrogens with zero attached hydrogens (tertiary/aromatic N) is 1. The molecule has 1 aromatic heterocycles. The lowest BCUT2D eigenvalue weighted by atomic mass is 10.0. The molecule has 6 heteroatoms. The molecule has 0 radical (unpaired) electrons. The third kappa shape index (κ3) is 2.73. The topological polar surface area (TPSA) is 69.8 Å². The van der Waals surface area contributed by atoms with Crippen LogP contribution in [0.5, 0.6) is 0 Å². The zero-order valence-electron chi connectivity index (χ0n) is 9.09. The van der Waals surface area contributed by atoms with Gasteiger partial charge in [-0.2, -0.15) is 0 Å². The number of anilines is 1. The fraction of sp³-hybridized carbons (Fsp3) is 0.600. The molecule has 16 heavy (non-hydrogen) atoms. The van der Waals surface area contributed by atoms with Gasteiger partial charge in [-0.25, -0.2) is 4.98 Å². The Kier molecular flexibility index (Phi) is 3.80. The Morgan fingerprint density at radius 3 is 3.19 bits per heavy atom. The molecule has 0 aromatic carbocycles. The molecule has 1 fully saturated rings. The number of rotatable bonds is 2. The van der Waals surface area contributed by atoms with Crippen molar-refractivity contribution in [1.82, 2.24) is 15.3 Å². The summed E-state index contributed by atoms with van der Waals surface area (Å²) in [5.41, 5.74) is -0.0833. The number of halogens is 1. The Bertz CT molecular complexity index is 420. The normalized spacial score (nSPS) is 25.4. The minimum Gasteiger partial charge on any atom is -0.366 e. The van der Waals surface area contributed by atoms with Gasteiger partial charge < -0.3 is 15.6 Å². The van der Waals surface area contributed by atoms with E-state index in [9.17, 15) is 4.79 Å². The molecule has 0 amide bonds. The molecule has 1 aliphatic rings. The van der Waals surface area contributed by atoms with Gasteiger partial charge in [-0.15, -0.1) is 0 Å². The van der Waals surface area contributed by atoms with Crippen LogP contribution in [-0.4, -0.2) is 28.6 Å². The summed E-state index contributed by atoms with van der Waals surface area (Å²) in [6.07, 6.45) is 3.57. The average molecular weight is 334 g/mol. The molecule has 2 rings (SSSR count). The molecule has 1 saturated heterocycles. The Hall–Kier alpha value is -0.630. The quantitative estimate of drug-likeness (QED) is 0.704. The zero-order chi connectivity index (χ0) is 11.5. The van der Waals surface area contributed by atoms with Gasteiger partial charge in [0.15, 0.2) is 0 Å². The van der Waals surface area contributed by atoms with E-state index in [1.807, 2.05) is 22.6 Å². The number of aromatic amines is 1. The van der Waals surface area contributed by atoms with Crippen molar-refractivity contribution in [2.24, 2.45) is 0 Å². The number of piperidine rings is 1. The van der Waals surface area contributed by atoms with E-state index in [1.54, 1.807) is 0 Å². The predicted octanol–water partition coefficient (Wildman–Crippen LogP) is 0.927. The van der Waals surface area contributed by atoms with Crippen LogP contribution in [-0.2, 0) is 0 Å². The maximum Gasteiger partial charge on any atom is 0.266 e. The van der Waals surface area contributed by atoms with Crippen molar-refractivity contribution in [2.45, 2.75) is 31.8 Å². The van der Waals surface area contributed by atoms with Crippen molar-refractivity contribution in [2.75, 3.05) is 11.9 Å². The molecule has 2 unspecified atom stereocenters. The highest BCUT2D eigenvalue weighted by atomic mass is 127. The Labute approximate surface area is 108 Å². The van der Waals surface area contributed by atoms with E-state index in [2.05, 4.69) is 27.5 Å². The van der Waals surface area contributed by atoms with Crippen LogP contribution in [0.1, 0.15) is 19.8 Å². The van der Waals surface area contributed by atoms with Crippen molar-refractivity contribution in [3.8, 4) is 0 Å². The first-order chi connectivity index (χ1) is 7.66. The van der Waals surface area contributed by atoms with E-state index in [1.165, 1.54) is 6.33 Å². The van der Waals surface area contributed by atoms with Crippen LogP contribution in [0.4, 0.5) is 5.82 Å². The number of hydrogen-bond acceptors (Lipinski definition) is 4.